The zero-order valence-corrected chi connectivity index (χ0v) is 14.7. The van der Waals surface area contributed by atoms with Crippen LogP contribution in [-0.2, 0) is 4.74 Å². The van der Waals surface area contributed by atoms with Crippen LogP contribution >= 0.6 is 0 Å². The predicted molar refractivity (Wildman–Crippen MR) is 97.4 cm³/mol. The van der Waals surface area contributed by atoms with Crippen LogP contribution in [0.1, 0.15) is 25.5 Å². The van der Waals surface area contributed by atoms with Crippen LogP contribution in [0.3, 0.4) is 0 Å². The first-order chi connectivity index (χ1) is 12.2. The van der Waals surface area contributed by atoms with Gasteiger partial charge < -0.3 is 15.0 Å². The number of aromatic nitrogens is 2. The van der Waals surface area contributed by atoms with E-state index in [-0.39, 0.29) is 12.1 Å². The minimum atomic E-state index is -0.0606. The van der Waals surface area contributed by atoms with Gasteiger partial charge in [0.25, 0.3) is 0 Å². The van der Waals surface area contributed by atoms with E-state index in [0.717, 1.165) is 49.5 Å². The Balaban J connectivity index is 1.57. The summed E-state index contributed by atoms with van der Waals surface area (Å²) >= 11 is 0. The first-order valence-electron chi connectivity index (χ1n) is 8.73. The quantitative estimate of drug-likeness (QED) is 0.925. The molecule has 0 aliphatic carbocycles. The fraction of sp³-hybridized carbons (Fsp3) is 0.421. The molecule has 6 heteroatoms. The van der Waals surface area contributed by atoms with Crippen LogP contribution in [0.25, 0.3) is 11.4 Å². The van der Waals surface area contributed by atoms with Crippen LogP contribution in [0.5, 0.6) is 0 Å². The van der Waals surface area contributed by atoms with Gasteiger partial charge in [-0.2, -0.15) is 0 Å². The fourth-order valence-corrected chi connectivity index (χ4v) is 2.95. The fourth-order valence-electron chi connectivity index (χ4n) is 2.95. The molecule has 0 spiro atoms. The molecule has 1 aliphatic heterocycles. The number of ether oxygens (including phenoxy) is 1. The van der Waals surface area contributed by atoms with E-state index in [2.05, 4.69) is 15.3 Å². The number of aryl methyl sites for hydroxylation is 1. The number of hydrogen-bond acceptors (Lipinski definition) is 4. The number of urea groups is 1. The summed E-state index contributed by atoms with van der Waals surface area (Å²) in [7, 11) is 0. The number of anilines is 1. The molecule has 0 unspecified atom stereocenters. The van der Waals surface area contributed by atoms with E-state index in [4.69, 9.17) is 4.74 Å². The summed E-state index contributed by atoms with van der Waals surface area (Å²) in [6.07, 6.45) is 3.82. The number of rotatable bonds is 4. The summed E-state index contributed by atoms with van der Waals surface area (Å²) < 4.78 is 5.62. The highest BCUT2D eigenvalue weighted by molar-refractivity contribution is 5.89. The lowest BCUT2D eigenvalue weighted by Crippen LogP contribution is -2.43. The van der Waals surface area contributed by atoms with Crippen molar-refractivity contribution in [1.82, 2.24) is 14.9 Å². The zero-order chi connectivity index (χ0) is 17.6. The minimum Gasteiger partial charge on any atom is -0.378 e. The molecule has 1 N–H and O–H groups in total. The van der Waals surface area contributed by atoms with Crippen LogP contribution in [0.2, 0.25) is 0 Å². The van der Waals surface area contributed by atoms with Gasteiger partial charge in [0.05, 0.1) is 6.10 Å². The molecule has 6 nitrogen and oxygen atoms in total. The molecule has 2 aromatic rings. The molecular formula is C19H24N4O2. The molecule has 1 aliphatic rings. The highest BCUT2D eigenvalue weighted by atomic mass is 16.5. The SMILES string of the molecule is CCOC1CCN(C(=O)Nc2ccc(-c3nccc(C)n3)cc2)CC1. The Kier molecular flexibility index (Phi) is 5.60. The molecule has 0 radical (unpaired) electrons. The van der Waals surface area contributed by atoms with Crippen LogP contribution in [0.15, 0.2) is 36.5 Å². The maximum absolute atomic E-state index is 12.4. The maximum Gasteiger partial charge on any atom is 0.321 e. The molecule has 1 aromatic carbocycles. The van der Waals surface area contributed by atoms with E-state index in [9.17, 15) is 4.79 Å². The van der Waals surface area contributed by atoms with Crippen LogP contribution < -0.4 is 5.32 Å². The number of amides is 2. The van der Waals surface area contributed by atoms with E-state index in [0.29, 0.717) is 5.82 Å². The van der Waals surface area contributed by atoms with Crippen molar-refractivity contribution in [3.63, 3.8) is 0 Å². The van der Waals surface area contributed by atoms with E-state index >= 15 is 0 Å². The summed E-state index contributed by atoms with van der Waals surface area (Å²) in [6, 6.07) is 9.41. The van der Waals surface area contributed by atoms with E-state index < -0.39 is 0 Å². The molecule has 2 amide bonds. The molecule has 0 atom stereocenters. The first-order valence-corrected chi connectivity index (χ1v) is 8.73. The number of likely N-dealkylation sites (tertiary alicyclic amines) is 1. The van der Waals surface area contributed by atoms with Crippen LogP contribution in [0, 0.1) is 6.92 Å². The van der Waals surface area contributed by atoms with Gasteiger partial charge in [-0.25, -0.2) is 14.8 Å². The molecule has 2 heterocycles. The van der Waals surface area contributed by atoms with Gasteiger partial charge >= 0.3 is 6.03 Å². The van der Waals surface area contributed by atoms with Gasteiger partial charge in [-0.1, -0.05) is 0 Å². The third-order valence-corrected chi connectivity index (χ3v) is 4.32. The first kappa shape index (κ1) is 17.4. The lowest BCUT2D eigenvalue weighted by Gasteiger charge is -2.31. The molecule has 1 aromatic heterocycles. The molecule has 3 rings (SSSR count). The van der Waals surface area contributed by atoms with Crippen molar-refractivity contribution >= 4 is 11.7 Å². The lowest BCUT2D eigenvalue weighted by atomic mass is 10.1. The number of nitrogens with zero attached hydrogens (tertiary/aromatic N) is 3. The van der Waals surface area contributed by atoms with Gasteiger partial charge in [-0.15, -0.1) is 0 Å². The summed E-state index contributed by atoms with van der Waals surface area (Å²) in [6.45, 7) is 6.13. The van der Waals surface area contributed by atoms with Gasteiger partial charge in [0.2, 0.25) is 0 Å². The van der Waals surface area contributed by atoms with Crippen molar-refractivity contribution in [2.45, 2.75) is 32.8 Å². The topological polar surface area (TPSA) is 67.3 Å². The third kappa shape index (κ3) is 4.54. The van der Waals surface area contributed by atoms with Gasteiger partial charge in [0.1, 0.15) is 0 Å². The second-order valence-corrected chi connectivity index (χ2v) is 6.17. The number of nitrogens with one attached hydrogen (secondary N) is 1. The van der Waals surface area contributed by atoms with Crippen molar-refractivity contribution in [2.75, 3.05) is 25.0 Å². The minimum absolute atomic E-state index is 0.0606. The number of hydrogen-bond donors (Lipinski definition) is 1. The molecule has 1 fully saturated rings. The number of piperidine rings is 1. The summed E-state index contributed by atoms with van der Waals surface area (Å²) in [4.78, 5) is 22.9. The van der Waals surface area contributed by atoms with Gasteiger partial charge in [-0.05, 0) is 57.0 Å². The highest BCUT2D eigenvalue weighted by Gasteiger charge is 2.22. The Morgan fingerprint density at radius 2 is 1.96 bits per heavy atom. The van der Waals surface area contributed by atoms with Gasteiger partial charge in [0.15, 0.2) is 5.82 Å². The summed E-state index contributed by atoms with van der Waals surface area (Å²) in [5, 5.41) is 2.95. The monoisotopic (exact) mass is 340 g/mol. The van der Waals surface area contributed by atoms with Crippen molar-refractivity contribution in [3.8, 4) is 11.4 Å². The largest absolute Gasteiger partial charge is 0.378 e. The Labute approximate surface area is 148 Å². The molecule has 0 saturated carbocycles. The number of benzene rings is 1. The van der Waals surface area contributed by atoms with Crippen molar-refractivity contribution < 1.29 is 9.53 Å². The Hall–Kier alpha value is -2.47. The van der Waals surface area contributed by atoms with E-state index in [1.165, 1.54) is 0 Å². The molecular weight excluding hydrogens is 316 g/mol. The van der Waals surface area contributed by atoms with Crippen molar-refractivity contribution in [3.05, 3.63) is 42.2 Å². The van der Waals surface area contributed by atoms with Crippen LogP contribution in [0.4, 0.5) is 10.5 Å². The second kappa shape index (κ2) is 8.07. The second-order valence-electron chi connectivity index (χ2n) is 6.17. The number of carbonyl (C=O) groups excluding carboxylic acids is 1. The standard InChI is InChI=1S/C19H24N4O2/c1-3-25-17-9-12-23(13-10-17)19(24)22-16-6-4-15(5-7-16)18-20-11-8-14(2)21-18/h4-8,11,17H,3,9-10,12-13H2,1-2H3,(H,22,24). The lowest BCUT2D eigenvalue weighted by molar-refractivity contribution is 0.0232. The molecule has 1 saturated heterocycles. The highest BCUT2D eigenvalue weighted by Crippen LogP contribution is 2.19. The zero-order valence-electron chi connectivity index (χ0n) is 14.7. The van der Waals surface area contributed by atoms with Crippen molar-refractivity contribution in [1.29, 1.82) is 0 Å². The van der Waals surface area contributed by atoms with Gasteiger partial charge in [-0.3, -0.25) is 0 Å². The third-order valence-electron chi connectivity index (χ3n) is 4.32. The molecule has 132 valence electrons. The average Bonchev–Trinajstić information content (AvgIpc) is 2.63. The Morgan fingerprint density at radius 1 is 1.24 bits per heavy atom. The Bertz CT molecular complexity index is 710. The summed E-state index contributed by atoms with van der Waals surface area (Å²) in [5.74, 6) is 0.691. The normalized spacial score (nSPS) is 15.2. The summed E-state index contributed by atoms with van der Waals surface area (Å²) in [5.41, 5.74) is 2.63. The van der Waals surface area contributed by atoms with E-state index in [1.807, 2.05) is 49.1 Å². The van der Waals surface area contributed by atoms with Crippen LogP contribution in [-0.4, -0.2) is 46.7 Å². The van der Waals surface area contributed by atoms with Crippen molar-refractivity contribution in [2.24, 2.45) is 0 Å². The molecule has 0 bridgehead atoms. The average molecular weight is 340 g/mol. The maximum atomic E-state index is 12.4. The Morgan fingerprint density at radius 3 is 2.60 bits per heavy atom. The molecule has 25 heavy (non-hydrogen) atoms. The predicted octanol–water partition coefficient (Wildman–Crippen LogP) is 3.48. The van der Waals surface area contributed by atoms with E-state index in [1.54, 1.807) is 6.20 Å². The number of carbonyl (C=O) groups is 1. The van der Waals surface area contributed by atoms with Gasteiger partial charge in [0, 0.05) is 42.8 Å². The smallest absolute Gasteiger partial charge is 0.321 e.